The number of ether oxygens (including phenoxy) is 1. The van der Waals surface area contributed by atoms with E-state index in [9.17, 15) is 13.2 Å². The maximum atomic E-state index is 13.5. The number of methoxy groups -OCH3 is 1. The van der Waals surface area contributed by atoms with Gasteiger partial charge in [0.1, 0.15) is 11.0 Å². The minimum Gasteiger partial charge on any atom is -0.497 e. The van der Waals surface area contributed by atoms with E-state index in [0.717, 1.165) is 5.56 Å². The Balaban J connectivity index is 1.89. The van der Waals surface area contributed by atoms with Gasteiger partial charge in [-0.1, -0.05) is 38.1 Å². The minimum atomic E-state index is -3.77. The van der Waals surface area contributed by atoms with Gasteiger partial charge in [0, 0.05) is 24.5 Å². The van der Waals surface area contributed by atoms with Crippen LogP contribution in [0.2, 0.25) is 0 Å². The first-order chi connectivity index (χ1) is 14.8. The Morgan fingerprint density at radius 3 is 2.39 bits per heavy atom. The van der Waals surface area contributed by atoms with Gasteiger partial charge >= 0.3 is 0 Å². The van der Waals surface area contributed by atoms with E-state index in [4.69, 9.17) is 4.74 Å². The van der Waals surface area contributed by atoms with E-state index in [1.807, 2.05) is 12.1 Å². The quantitative estimate of drug-likeness (QED) is 0.571. The average molecular weight is 439 g/mol. The van der Waals surface area contributed by atoms with Crippen molar-refractivity contribution in [3.05, 3.63) is 89.7 Å². The Bertz CT molecular complexity index is 1130. The second kappa shape index (κ2) is 9.75. The van der Waals surface area contributed by atoms with Gasteiger partial charge in [0.05, 0.1) is 12.0 Å². The lowest BCUT2D eigenvalue weighted by Crippen LogP contribution is -2.32. The normalized spacial score (nSPS) is 12.4. The van der Waals surface area contributed by atoms with Crippen molar-refractivity contribution < 1.29 is 17.9 Å². The number of sulfone groups is 1. The molecule has 2 aromatic carbocycles. The van der Waals surface area contributed by atoms with Crippen LogP contribution in [0.3, 0.4) is 0 Å². The van der Waals surface area contributed by atoms with Gasteiger partial charge in [-0.15, -0.1) is 0 Å². The Morgan fingerprint density at radius 1 is 1.03 bits per heavy atom. The van der Waals surface area contributed by atoms with Crippen LogP contribution in [-0.4, -0.2) is 33.0 Å². The lowest BCUT2D eigenvalue weighted by atomic mass is 10.0. The van der Waals surface area contributed by atoms with E-state index in [1.165, 1.54) is 13.3 Å². The molecule has 6 nitrogen and oxygen atoms in total. The number of hydrogen-bond acceptors (Lipinski definition) is 5. The van der Waals surface area contributed by atoms with E-state index in [1.54, 1.807) is 54.7 Å². The second-order valence-corrected chi connectivity index (χ2v) is 9.62. The Morgan fingerprint density at radius 2 is 1.77 bits per heavy atom. The minimum absolute atomic E-state index is 0.0873. The molecule has 3 aromatic rings. The van der Waals surface area contributed by atoms with Crippen LogP contribution in [0.25, 0.3) is 0 Å². The molecule has 1 atom stereocenters. The molecule has 1 aromatic heterocycles. The van der Waals surface area contributed by atoms with Crippen molar-refractivity contribution in [2.75, 3.05) is 13.7 Å². The van der Waals surface area contributed by atoms with Crippen molar-refractivity contribution in [3.8, 4) is 5.75 Å². The SMILES string of the molecule is COc1cccc(C(=O)NCC(c2cccnc2)S(=O)(=O)c2ccc(C(C)C)cc2)c1. The second-order valence-electron chi connectivity index (χ2n) is 7.49. The first kappa shape index (κ1) is 22.5. The molecule has 1 heterocycles. The summed E-state index contributed by atoms with van der Waals surface area (Å²) in [5.41, 5.74) is 1.97. The summed E-state index contributed by atoms with van der Waals surface area (Å²) in [4.78, 5) is 16.9. The van der Waals surface area contributed by atoms with Gasteiger partial charge in [-0.05, 0) is 53.4 Å². The van der Waals surface area contributed by atoms with Crippen molar-refractivity contribution in [3.63, 3.8) is 0 Å². The zero-order chi connectivity index (χ0) is 22.4. The predicted octanol–water partition coefficient (Wildman–Crippen LogP) is 4.16. The molecule has 0 radical (unpaired) electrons. The summed E-state index contributed by atoms with van der Waals surface area (Å²) in [7, 11) is -2.25. The predicted molar refractivity (Wildman–Crippen MR) is 120 cm³/mol. The number of carbonyl (C=O) groups excluding carboxylic acids is 1. The van der Waals surface area contributed by atoms with Crippen LogP contribution in [0, 0.1) is 0 Å². The highest BCUT2D eigenvalue weighted by molar-refractivity contribution is 7.91. The van der Waals surface area contributed by atoms with Crippen molar-refractivity contribution in [1.82, 2.24) is 10.3 Å². The third-order valence-corrected chi connectivity index (χ3v) is 7.20. The van der Waals surface area contributed by atoms with Crippen molar-refractivity contribution >= 4 is 15.7 Å². The highest BCUT2D eigenvalue weighted by atomic mass is 32.2. The number of benzene rings is 2. The number of carbonyl (C=O) groups is 1. The first-order valence-corrected chi connectivity index (χ1v) is 11.5. The van der Waals surface area contributed by atoms with Gasteiger partial charge in [0.25, 0.3) is 5.91 Å². The monoisotopic (exact) mass is 438 g/mol. The lowest BCUT2D eigenvalue weighted by Gasteiger charge is -2.19. The fourth-order valence-electron chi connectivity index (χ4n) is 3.23. The van der Waals surface area contributed by atoms with E-state index < -0.39 is 15.1 Å². The van der Waals surface area contributed by atoms with Gasteiger partial charge < -0.3 is 10.1 Å². The Labute approximate surface area is 183 Å². The zero-order valence-electron chi connectivity index (χ0n) is 17.8. The molecule has 1 N–H and O–H groups in total. The van der Waals surface area contributed by atoms with Gasteiger partial charge in [-0.3, -0.25) is 9.78 Å². The van der Waals surface area contributed by atoms with Gasteiger partial charge in [0.15, 0.2) is 9.84 Å². The van der Waals surface area contributed by atoms with Crippen molar-refractivity contribution in [1.29, 1.82) is 0 Å². The number of amides is 1. The molecule has 0 aliphatic rings. The van der Waals surface area contributed by atoms with Crippen LogP contribution in [0.15, 0.2) is 78.0 Å². The van der Waals surface area contributed by atoms with Crippen LogP contribution in [0.5, 0.6) is 5.75 Å². The van der Waals surface area contributed by atoms with Gasteiger partial charge in [-0.2, -0.15) is 0 Å². The summed E-state index contributed by atoms with van der Waals surface area (Å²) in [6.45, 7) is 4.02. The standard InChI is InChI=1S/C24H26N2O4S/c1-17(2)18-9-11-22(12-10-18)31(28,29)23(20-7-5-13-25-15-20)16-26-24(27)19-6-4-8-21(14-19)30-3/h4-15,17,23H,16H2,1-3H3,(H,26,27). The summed E-state index contributed by atoms with van der Waals surface area (Å²) in [5, 5.41) is 1.78. The van der Waals surface area contributed by atoms with Crippen LogP contribution in [0.4, 0.5) is 0 Å². The number of rotatable bonds is 8. The maximum Gasteiger partial charge on any atom is 0.251 e. The Hall–Kier alpha value is -3.19. The third-order valence-electron chi connectivity index (χ3n) is 5.09. The molecular formula is C24H26N2O4S. The molecule has 1 amide bonds. The first-order valence-electron chi connectivity index (χ1n) is 9.99. The lowest BCUT2D eigenvalue weighted by molar-refractivity contribution is 0.0953. The van der Waals surface area contributed by atoms with E-state index >= 15 is 0 Å². The highest BCUT2D eigenvalue weighted by Crippen LogP contribution is 2.29. The van der Waals surface area contributed by atoms with Crippen molar-refractivity contribution in [2.24, 2.45) is 0 Å². The molecule has 162 valence electrons. The van der Waals surface area contributed by atoms with Crippen LogP contribution in [-0.2, 0) is 9.84 Å². The number of pyridine rings is 1. The molecule has 0 saturated heterocycles. The third kappa shape index (κ3) is 5.30. The van der Waals surface area contributed by atoms with E-state index in [-0.39, 0.29) is 17.3 Å². The van der Waals surface area contributed by atoms with Gasteiger partial charge in [0.2, 0.25) is 0 Å². The molecule has 31 heavy (non-hydrogen) atoms. The smallest absolute Gasteiger partial charge is 0.251 e. The summed E-state index contributed by atoms with van der Waals surface area (Å²) in [6, 6.07) is 17.0. The molecule has 0 aliphatic heterocycles. The largest absolute Gasteiger partial charge is 0.497 e. The maximum absolute atomic E-state index is 13.5. The fourth-order valence-corrected chi connectivity index (χ4v) is 4.88. The number of hydrogen-bond donors (Lipinski definition) is 1. The number of nitrogens with zero attached hydrogens (tertiary/aromatic N) is 1. The van der Waals surface area contributed by atoms with Crippen molar-refractivity contribution in [2.45, 2.75) is 29.9 Å². The molecule has 0 aliphatic carbocycles. The summed E-state index contributed by atoms with van der Waals surface area (Å²) >= 11 is 0. The van der Waals surface area contributed by atoms with Crippen LogP contribution >= 0.6 is 0 Å². The summed E-state index contributed by atoms with van der Waals surface area (Å²) < 4.78 is 32.1. The van der Waals surface area contributed by atoms with Crippen LogP contribution in [0.1, 0.15) is 46.5 Å². The van der Waals surface area contributed by atoms with Gasteiger partial charge in [-0.25, -0.2) is 8.42 Å². The van der Waals surface area contributed by atoms with E-state index in [2.05, 4.69) is 24.1 Å². The molecule has 1 unspecified atom stereocenters. The molecule has 0 fully saturated rings. The molecule has 0 saturated carbocycles. The average Bonchev–Trinajstić information content (AvgIpc) is 2.79. The van der Waals surface area contributed by atoms with E-state index in [0.29, 0.717) is 22.8 Å². The summed E-state index contributed by atoms with van der Waals surface area (Å²) in [5.74, 6) is 0.473. The molecule has 0 bridgehead atoms. The number of nitrogens with one attached hydrogen (secondary N) is 1. The molecular weight excluding hydrogens is 412 g/mol. The molecule has 3 rings (SSSR count). The molecule has 7 heteroatoms. The summed E-state index contributed by atoms with van der Waals surface area (Å²) in [6.07, 6.45) is 3.10. The molecule has 0 spiro atoms. The highest BCUT2D eigenvalue weighted by Gasteiger charge is 2.30. The zero-order valence-corrected chi connectivity index (χ0v) is 18.6. The Kier molecular flexibility index (Phi) is 7.07. The number of aromatic nitrogens is 1. The van der Waals surface area contributed by atoms with Crippen LogP contribution < -0.4 is 10.1 Å². The fraction of sp³-hybridized carbons (Fsp3) is 0.250. The topological polar surface area (TPSA) is 85.4 Å².